The first kappa shape index (κ1) is 12.6. The van der Waals surface area contributed by atoms with Crippen LogP contribution >= 0.6 is 0 Å². The Kier molecular flexibility index (Phi) is 3.11. The summed E-state index contributed by atoms with van der Waals surface area (Å²) in [5.41, 5.74) is 0.336. The zero-order valence-corrected chi connectivity index (χ0v) is 10.9. The molecule has 2 heterocycles. The van der Waals surface area contributed by atoms with E-state index in [1.54, 1.807) is 22.7 Å². The van der Waals surface area contributed by atoms with Crippen LogP contribution in [-0.4, -0.2) is 38.7 Å². The van der Waals surface area contributed by atoms with Gasteiger partial charge in [0.25, 0.3) is 5.91 Å². The van der Waals surface area contributed by atoms with Crippen molar-refractivity contribution < 1.29 is 9.59 Å². The van der Waals surface area contributed by atoms with E-state index in [2.05, 4.69) is 10.4 Å². The van der Waals surface area contributed by atoms with Crippen molar-refractivity contribution in [2.45, 2.75) is 32.2 Å². The molecule has 1 saturated heterocycles. The summed E-state index contributed by atoms with van der Waals surface area (Å²) in [5.74, 6) is -0.207. The van der Waals surface area contributed by atoms with Crippen molar-refractivity contribution in [2.75, 3.05) is 6.54 Å². The number of hydrogen-bond acceptors (Lipinski definition) is 3. The highest BCUT2D eigenvalue weighted by molar-refractivity contribution is 6.06. The van der Waals surface area contributed by atoms with E-state index in [0.717, 1.165) is 5.56 Å². The molecule has 0 aliphatic carbocycles. The van der Waals surface area contributed by atoms with Crippen molar-refractivity contribution in [2.24, 2.45) is 7.05 Å². The van der Waals surface area contributed by atoms with Gasteiger partial charge in [0.2, 0.25) is 0 Å². The van der Waals surface area contributed by atoms with Crippen molar-refractivity contribution in [3.63, 3.8) is 0 Å². The summed E-state index contributed by atoms with van der Waals surface area (Å²) >= 11 is 0. The summed E-state index contributed by atoms with van der Waals surface area (Å²) in [6.07, 6.45) is 5.00. The molecule has 0 aromatic carbocycles. The van der Waals surface area contributed by atoms with E-state index in [-0.39, 0.29) is 11.9 Å². The molecule has 0 radical (unpaired) electrons. The standard InChI is InChI=1S/C12H18N4O2/c1-4-12(2)10(17)14-11(18)16(12)6-5-9-7-13-15(3)8-9/h7-8H,4-6H2,1-3H3,(H,14,17,18). The molecule has 1 unspecified atom stereocenters. The number of nitrogens with one attached hydrogen (secondary N) is 1. The zero-order valence-electron chi connectivity index (χ0n) is 10.9. The molecular weight excluding hydrogens is 232 g/mol. The van der Waals surface area contributed by atoms with Gasteiger partial charge < -0.3 is 4.90 Å². The first-order chi connectivity index (χ1) is 8.47. The number of hydrogen-bond donors (Lipinski definition) is 1. The van der Waals surface area contributed by atoms with E-state index in [0.29, 0.717) is 19.4 Å². The number of carbonyl (C=O) groups excluding carboxylic acids is 2. The molecular formula is C12H18N4O2. The monoisotopic (exact) mass is 250 g/mol. The second-order valence-electron chi connectivity index (χ2n) is 4.81. The maximum absolute atomic E-state index is 11.8. The molecule has 1 aromatic heterocycles. The Bertz CT molecular complexity index is 482. The maximum Gasteiger partial charge on any atom is 0.325 e. The Hall–Kier alpha value is -1.85. The van der Waals surface area contributed by atoms with Crippen molar-refractivity contribution in [3.05, 3.63) is 18.0 Å². The topological polar surface area (TPSA) is 67.2 Å². The number of amides is 3. The average molecular weight is 250 g/mol. The predicted molar refractivity (Wildman–Crippen MR) is 65.9 cm³/mol. The van der Waals surface area contributed by atoms with Gasteiger partial charge in [0.1, 0.15) is 5.54 Å². The first-order valence-electron chi connectivity index (χ1n) is 6.08. The number of carbonyl (C=O) groups is 2. The van der Waals surface area contributed by atoms with Crippen LogP contribution in [0.5, 0.6) is 0 Å². The molecule has 1 aromatic rings. The summed E-state index contributed by atoms with van der Waals surface area (Å²) < 4.78 is 1.73. The SMILES string of the molecule is CCC1(C)C(=O)NC(=O)N1CCc1cnn(C)c1. The highest BCUT2D eigenvalue weighted by Gasteiger charge is 2.47. The molecule has 2 rings (SSSR count). The fraction of sp³-hybridized carbons (Fsp3) is 0.583. The largest absolute Gasteiger partial charge is 0.325 e. The average Bonchev–Trinajstić information content (AvgIpc) is 2.82. The summed E-state index contributed by atoms with van der Waals surface area (Å²) in [7, 11) is 1.85. The van der Waals surface area contributed by atoms with Gasteiger partial charge in [-0.05, 0) is 25.3 Å². The summed E-state index contributed by atoms with van der Waals surface area (Å²) in [4.78, 5) is 25.1. The molecule has 1 N–H and O–H groups in total. The van der Waals surface area contributed by atoms with Crippen LogP contribution in [0.2, 0.25) is 0 Å². The van der Waals surface area contributed by atoms with Gasteiger partial charge in [0.05, 0.1) is 6.20 Å². The highest BCUT2D eigenvalue weighted by Crippen LogP contribution is 2.25. The lowest BCUT2D eigenvalue weighted by Crippen LogP contribution is -2.47. The van der Waals surface area contributed by atoms with E-state index in [4.69, 9.17) is 0 Å². The summed E-state index contributed by atoms with van der Waals surface area (Å²) in [5, 5.41) is 6.46. The van der Waals surface area contributed by atoms with Crippen molar-refractivity contribution >= 4 is 11.9 Å². The lowest BCUT2D eigenvalue weighted by atomic mass is 9.97. The normalized spacial score (nSPS) is 23.6. The molecule has 18 heavy (non-hydrogen) atoms. The van der Waals surface area contributed by atoms with Crippen LogP contribution in [0.25, 0.3) is 0 Å². The van der Waals surface area contributed by atoms with E-state index in [9.17, 15) is 9.59 Å². The van der Waals surface area contributed by atoms with E-state index < -0.39 is 5.54 Å². The lowest BCUT2D eigenvalue weighted by Gasteiger charge is -2.30. The molecule has 98 valence electrons. The van der Waals surface area contributed by atoms with Gasteiger partial charge in [0, 0.05) is 19.8 Å². The van der Waals surface area contributed by atoms with Crippen LogP contribution < -0.4 is 5.32 Å². The molecule has 0 spiro atoms. The zero-order chi connectivity index (χ0) is 13.3. The first-order valence-corrected chi connectivity index (χ1v) is 6.08. The van der Waals surface area contributed by atoms with Gasteiger partial charge in [-0.15, -0.1) is 0 Å². The number of urea groups is 1. The Labute approximate surface area is 106 Å². The van der Waals surface area contributed by atoms with Crippen LogP contribution in [0.3, 0.4) is 0 Å². The second kappa shape index (κ2) is 4.44. The van der Waals surface area contributed by atoms with Crippen LogP contribution in [-0.2, 0) is 18.3 Å². The Balaban J connectivity index is 2.08. The lowest BCUT2D eigenvalue weighted by molar-refractivity contribution is -0.126. The van der Waals surface area contributed by atoms with E-state index in [1.165, 1.54) is 0 Å². The third-order valence-electron chi connectivity index (χ3n) is 3.62. The quantitative estimate of drug-likeness (QED) is 0.799. The maximum atomic E-state index is 11.8. The molecule has 0 bridgehead atoms. The fourth-order valence-electron chi connectivity index (χ4n) is 2.19. The number of nitrogens with zero attached hydrogens (tertiary/aromatic N) is 3. The summed E-state index contributed by atoms with van der Waals surface area (Å²) in [6, 6.07) is -0.298. The smallest absolute Gasteiger partial charge is 0.310 e. The third-order valence-corrected chi connectivity index (χ3v) is 3.62. The van der Waals surface area contributed by atoms with Crippen LogP contribution in [0.15, 0.2) is 12.4 Å². The molecule has 1 aliphatic heterocycles. The summed E-state index contributed by atoms with van der Waals surface area (Å²) in [6.45, 7) is 4.24. The fourth-order valence-corrected chi connectivity index (χ4v) is 2.19. The van der Waals surface area contributed by atoms with Crippen LogP contribution in [0.1, 0.15) is 25.8 Å². The minimum absolute atomic E-state index is 0.207. The number of aryl methyl sites for hydroxylation is 1. The van der Waals surface area contributed by atoms with Gasteiger partial charge in [-0.2, -0.15) is 5.10 Å². The van der Waals surface area contributed by atoms with Gasteiger partial charge in [-0.25, -0.2) is 4.79 Å². The Morgan fingerprint density at radius 2 is 2.17 bits per heavy atom. The molecule has 0 saturated carbocycles. The van der Waals surface area contributed by atoms with Gasteiger partial charge in [-0.3, -0.25) is 14.8 Å². The molecule has 6 heteroatoms. The number of rotatable bonds is 4. The number of aromatic nitrogens is 2. The van der Waals surface area contributed by atoms with E-state index in [1.807, 2.05) is 20.2 Å². The van der Waals surface area contributed by atoms with Gasteiger partial charge >= 0.3 is 6.03 Å². The van der Waals surface area contributed by atoms with Crippen LogP contribution in [0.4, 0.5) is 4.79 Å². The van der Waals surface area contributed by atoms with Crippen LogP contribution in [0, 0.1) is 0 Å². The van der Waals surface area contributed by atoms with Crippen molar-refractivity contribution in [3.8, 4) is 0 Å². The molecule has 1 fully saturated rings. The second-order valence-corrected chi connectivity index (χ2v) is 4.81. The molecule has 6 nitrogen and oxygen atoms in total. The molecule has 1 atom stereocenters. The third kappa shape index (κ3) is 1.98. The van der Waals surface area contributed by atoms with Gasteiger partial charge in [0.15, 0.2) is 0 Å². The minimum Gasteiger partial charge on any atom is -0.310 e. The Morgan fingerprint density at radius 1 is 1.44 bits per heavy atom. The minimum atomic E-state index is -0.723. The number of imide groups is 1. The Morgan fingerprint density at radius 3 is 2.72 bits per heavy atom. The van der Waals surface area contributed by atoms with E-state index >= 15 is 0 Å². The predicted octanol–water partition coefficient (Wildman–Crippen LogP) is 0.683. The molecule has 3 amide bonds. The van der Waals surface area contributed by atoms with Gasteiger partial charge in [-0.1, -0.05) is 6.92 Å². The molecule has 1 aliphatic rings. The highest BCUT2D eigenvalue weighted by atomic mass is 16.2. The van der Waals surface area contributed by atoms with Crippen molar-refractivity contribution in [1.82, 2.24) is 20.0 Å². The van der Waals surface area contributed by atoms with Crippen molar-refractivity contribution in [1.29, 1.82) is 0 Å².